The Kier molecular flexibility index (Phi) is 4.28. The van der Waals surface area contributed by atoms with Crippen LogP contribution in [0.15, 0.2) is 0 Å². The van der Waals surface area contributed by atoms with E-state index in [1.165, 1.54) is 4.31 Å². The summed E-state index contributed by atoms with van der Waals surface area (Å²) in [6.45, 7) is 3.97. The lowest BCUT2D eigenvalue weighted by molar-refractivity contribution is -0.0624. The van der Waals surface area contributed by atoms with Gasteiger partial charge in [-0.1, -0.05) is 0 Å². The molecule has 106 valence electrons. The van der Waals surface area contributed by atoms with Gasteiger partial charge in [-0.25, -0.2) is 0 Å². The highest BCUT2D eigenvalue weighted by molar-refractivity contribution is 7.87. The van der Waals surface area contributed by atoms with Gasteiger partial charge in [0.05, 0.1) is 5.60 Å². The van der Waals surface area contributed by atoms with Crippen molar-refractivity contribution >= 4 is 10.2 Å². The SMILES string of the molecule is CCOC1(CN)CCN(S(=O)(=O)NC2CC2)CC1. The zero-order valence-corrected chi connectivity index (χ0v) is 11.7. The largest absolute Gasteiger partial charge is 0.374 e. The highest BCUT2D eigenvalue weighted by Gasteiger charge is 2.39. The third-order valence-corrected chi connectivity index (χ3v) is 5.37. The van der Waals surface area contributed by atoms with Crippen molar-refractivity contribution in [2.24, 2.45) is 5.73 Å². The van der Waals surface area contributed by atoms with Crippen molar-refractivity contribution in [3.63, 3.8) is 0 Å². The molecule has 0 bridgehead atoms. The quantitative estimate of drug-likeness (QED) is 0.705. The van der Waals surface area contributed by atoms with Crippen LogP contribution in [0.2, 0.25) is 0 Å². The van der Waals surface area contributed by atoms with Crippen molar-refractivity contribution in [1.29, 1.82) is 0 Å². The van der Waals surface area contributed by atoms with Gasteiger partial charge in [0.25, 0.3) is 10.2 Å². The summed E-state index contributed by atoms with van der Waals surface area (Å²) in [4.78, 5) is 0. The Bertz CT molecular complexity index is 373. The van der Waals surface area contributed by atoms with E-state index < -0.39 is 10.2 Å². The van der Waals surface area contributed by atoms with Gasteiger partial charge in [0.1, 0.15) is 0 Å². The Morgan fingerprint density at radius 3 is 2.44 bits per heavy atom. The normalized spacial score (nSPS) is 25.2. The topological polar surface area (TPSA) is 84.7 Å². The molecular weight excluding hydrogens is 254 g/mol. The summed E-state index contributed by atoms with van der Waals surface area (Å²) in [7, 11) is -3.31. The number of nitrogens with zero attached hydrogens (tertiary/aromatic N) is 1. The summed E-state index contributed by atoms with van der Waals surface area (Å²) in [6, 6.07) is 0.156. The van der Waals surface area contributed by atoms with Crippen LogP contribution in [0.5, 0.6) is 0 Å². The summed E-state index contributed by atoms with van der Waals surface area (Å²) in [5.41, 5.74) is 5.43. The van der Waals surface area contributed by atoms with E-state index in [0.717, 1.165) is 12.8 Å². The van der Waals surface area contributed by atoms with Gasteiger partial charge < -0.3 is 10.5 Å². The third kappa shape index (κ3) is 3.21. The van der Waals surface area contributed by atoms with E-state index in [9.17, 15) is 8.42 Å². The van der Waals surface area contributed by atoms with Gasteiger partial charge in [-0.15, -0.1) is 0 Å². The van der Waals surface area contributed by atoms with Crippen molar-refractivity contribution in [2.45, 2.75) is 44.2 Å². The summed E-state index contributed by atoms with van der Waals surface area (Å²) < 4.78 is 34.0. The molecule has 1 aliphatic carbocycles. The first kappa shape index (κ1) is 14.2. The third-order valence-electron chi connectivity index (χ3n) is 3.69. The monoisotopic (exact) mass is 277 g/mol. The fourth-order valence-corrected chi connectivity index (χ4v) is 3.80. The van der Waals surface area contributed by atoms with Crippen LogP contribution >= 0.6 is 0 Å². The van der Waals surface area contributed by atoms with Gasteiger partial charge in [0.2, 0.25) is 0 Å². The Hall–Kier alpha value is -0.210. The van der Waals surface area contributed by atoms with Crippen molar-refractivity contribution in [3.8, 4) is 0 Å². The van der Waals surface area contributed by atoms with E-state index in [1.54, 1.807) is 0 Å². The minimum absolute atomic E-state index is 0.156. The Morgan fingerprint density at radius 1 is 1.39 bits per heavy atom. The maximum absolute atomic E-state index is 12.0. The maximum Gasteiger partial charge on any atom is 0.279 e. The molecule has 0 amide bonds. The lowest BCUT2D eigenvalue weighted by Crippen LogP contribution is -2.54. The van der Waals surface area contributed by atoms with E-state index >= 15 is 0 Å². The van der Waals surface area contributed by atoms with Crippen LogP contribution in [0.3, 0.4) is 0 Å². The van der Waals surface area contributed by atoms with Crippen molar-refractivity contribution in [2.75, 3.05) is 26.2 Å². The van der Waals surface area contributed by atoms with E-state index in [-0.39, 0.29) is 11.6 Å². The number of nitrogens with two attached hydrogens (primary N) is 1. The molecule has 0 spiro atoms. The van der Waals surface area contributed by atoms with E-state index in [0.29, 0.717) is 39.1 Å². The molecule has 0 atom stereocenters. The molecule has 6 nitrogen and oxygen atoms in total. The zero-order valence-electron chi connectivity index (χ0n) is 10.9. The first-order valence-electron chi connectivity index (χ1n) is 6.63. The number of hydrogen-bond donors (Lipinski definition) is 2. The number of piperidine rings is 1. The van der Waals surface area contributed by atoms with Gasteiger partial charge in [-0.3, -0.25) is 0 Å². The van der Waals surface area contributed by atoms with Crippen LogP contribution in [0.25, 0.3) is 0 Å². The molecular formula is C11H23N3O3S. The van der Waals surface area contributed by atoms with Gasteiger partial charge in [0.15, 0.2) is 0 Å². The van der Waals surface area contributed by atoms with Crippen LogP contribution in [-0.4, -0.2) is 50.6 Å². The molecule has 18 heavy (non-hydrogen) atoms. The molecule has 7 heteroatoms. The number of rotatable bonds is 6. The maximum atomic E-state index is 12.0. The summed E-state index contributed by atoms with van der Waals surface area (Å²) >= 11 is 0. The second-order valence-corrected chi connectivity index (χ2v) is 6.82. The standard InChI is InChI=1S/C11H23N3O3S/c1-2-17-11(9-12)5-7-14(8-6-11)18(15,16)13-10-3-4-10/h10,13H,2-9,12H2,1H3. The first-order valence-corrected chi connectivity index (χ1v) is 8.07. The number of hydrogen-bond acceptors (Lipinski definition) is 4. The molecule has 2 fully saturated rings. The predicted molar refractivity (Wildman–Crippen MR) is 69.3 cm³/mol. The van der Waals surface area contributed by atoms with Crippen LogP contribution in [0.1, 0.15) is 32.6 Å². The van der Waals surface area contributed by atoms with Gasteiger partial charge >= 0.3 is 0 Å². The smallest absolute Gasteiger partial charge is 0.279 e. The predicted octanol–water partition coefficient (Wildman–Crippen LogP) is -0.187. The van der Waals surface area contributed by atoms with Gasteiger partial charge in [0, 0.05) is 32.3 Å². The minimum Gasteiger partial charge on any atom is -0.374 e. The molecule has 0 aromatic heterocycles. The summed E-state index contributed by atoms with van der Waals surface area (Å²) in [5.74, 6) is 0. The Morgan fingerprint density at radius 2 is 2.00 bits per heavy atom. The fourth-order valence-electron chi connectivity index (χ4n) is 2.33. The fraction of sp³-hybridized carbons (Fsp3) is 1.00. The molecule has 0 aromatic rings. The second-order valence-electron chi connectivity index (χ2n) is 5.12. The molecule has 2 rings (SSSR count). The molecule has 0 radical (unpaired) electrons. The molecule has 1 saturated carbocycles. The van der Waals surface area contributed by atoms with Crippen LogP contribution in [0, 0.1) is 0 Å². The average molecular weight is 277 g/mol. The van der Waals surface area contributed by atoms with E-state index in [1.807, 2.05) is 6.92 Å². The zero-order chi connectivity index (χ0) is 13.2. The Labute approximate surface area is 109 Å². The lowest BCUT2D eigenvalue weighted by atomic mass is 9.92. The average Bonchev–Trinajstić information content (AvgIpc) is 3.13. The van der Waals surface area contributed by atoms with Crippen molar-refractivity contribution in [3.05, 3.63) is 0 Å². The van der Waals surface area contributed by atoms with Gasteiger partial charge in [-0.05, 0) is 32.6 Å². The molecule has 2 aliphatic rings. The molecule has 0 unspecified atom stereocenters. The van der Waals surface area contributed by atoms with Crippen molar-refractivity contribution < 1.29 is 13.2 Å². The molecule has 1 heterocycles. The molecule has 1 saturated heterocycles. The Balaban J connectivity index is 1.92. The summed E-state index contributed by atoms with van der Waals surface area (Å²) in [5, 5.41) is 0. The molecule has 0 aromatic carbocycles. The van der Waals surface area contributed by atoms with Crippen LogP contribution in [0.4, 0.5) is 0 Å². The highest BCUT2D eigenvalue weighted by atomic mass is 32.2. The first-order chi connectivity index (χ1) is 8.51. The van der Waals surface area contributed by atoms with E-state index in [2.05, 4.69) is 4.72 Å². The second kappa shape index (κ2) is 5.42. The van der Waals surface area contributed by atoms with Crippen LogP contribution < -0.4 is 10.5 Å². The molecule has 3 N–H and O–H groups in total. The summed E-state index contributed by atoms with van der Waals surface area (Å²) in [6.07, 6.45) is 3.25. The van der Waals surface area contributed by atoms with E-state index in [4.69, 9.17) is 10.5 Å². The minimum atomic E-state index is -3.31. The van der Waals surface area contributed by atoms with Crippen molar-refractivity contribution in [1.82, 2.24) is 9.03 Å². The number of nitrogens with one attached hydrogen (secondary N) is 1. The highest BCUT2D eigenvalue weighted by Crippen LogP contribution is 2.27. The van der Waals surface area contributed by atoms with Gasteiger partial charge in [-0.2, -0.15) is 17.4 Å². The van der Waals surface area contributed by atoms with Crippen LogP contribution in [-0.2, 0) is 14.9 Å². The number of ether oxygens (including phenoxy) is 1. The molecule has 1 aliphatic heterocycles. The lowest BCUT2D eigenvalue weighted by Gasteiger charge is -2.40.